The van der Waals surface area contributed by atoms with Crippen molar-refractivity contribution in [3.05, 3.63) is 57.5 Å². The maximum absolute atomic E-state index is 13.4. The van der Waals surface area contributed by atoms with E-state index in [-0.39, 0.29) is 21.4 Å². The topological polar surface area (TPSA) is 57.7 Å². The number of amides is 1. The predicted octanol–water partition coefficient (Wildman–Crippen LogP) is 4.49. The average Bonchev–Trinajstić information content (AvgIpc) is 2.64. The van der Waals surface area contributed by atoms with E-state index in [1.807, 2.05) is 24.3 Å². The summed E-state index contributed by atoms with van der Waals surface area (Å²) in [4.78, 5) is 17.3. The molecule has 28 heavy (non-hydrogen) atoms. The minimum Gasteiger partial charge on any atom is -0.307 e. The Morgan fingerprint density at radius 2 is 1.75 bits per heavy atom. The van der Waals surface area contributed by atoms with Gasteiger partial charge in [0, 0.05) is 29.5 Å². The van der Waals surface area contributed by atoms with Gasteiger partial charge < -0.3 is 9.80 Å². The number of hydrogen-bond donors (Lipinski definition) is 0. The number of hydrogen-bond acceptors (Lipinski definition) is 4. The SMILES string of the molecule is CCN(CC)CCN(C(=O)c1cc(S(C)(=O)=O)ccc1Cl)c1cccc(Br)c1. The fraction of sp³-hybridized carbons (Fsp3) is 0.350. The van der Waals surface area contributed by atoms with Gasteiger partial charge >= 0.3 is 0 Å². The third-order valence-electron chi connectivity index (χ3n) is 4.50. The lowest BCUT2D eigenvalue weighted by Crippen LogP contribution is -2.39. The van der Waals surface area contributed by atoms with Crippen LogP contribution in [-0.2, 0) is 9.84 Å². The van der Waals surface area contributed by atoms with E-state index in [4.69, 9.17) is 11.6 Å². The summed E-state index contributed by atoms with van der Waals surface area (Å²) < 4.78 is 24.7. The first-order chi connectivity index (χ1) is 13.2. The molecule has 8 heteroatoms. The lowest BCUT2D eigenvalue weighted by atomic mass is 10.1. The monoisotopic (exact) mass is 486 g/mol. The normalized spacial score (nSPS) is 11.6. The molecule has 0 atom stereocenters. The van der Waals surface area contributed by atoms with Crippen molar-refractivity contribution in [2.24, 2.45) is 0 Å². The van der Waals surface area contributed by atoms with Crippen LogP contribution in [0.15, 0.2) is 51.8 Å². The Bertz CT molecular complexity index is 946. The van der Waals surface area contributed by atoms with Gasteiger partial charge in [0.1, 0.15) is 0 Å². The Morgan fingerprint density at radius 1 is 1.07 bits per heavy atom. The van der Waals surface area contributed by atoms with Gasteiger partial charge in [0.05, 0.1) is 15.5 Å². The Morgan fingerprint density at radius 3 is 2.32 bits per heavy atom. The largest absolute Gasteiger partial charge is 0.307 e. The number of benzene rings is 2. The van der Waals surface area contributed by atoms with E-state index in [1.54, 1.807) is 4.90 Å². The van der Waals surface area contributed by atoms with Crippen LogP contribution in [0.25, 0.3) is 0 Å². The van der Waals surface area contributed by atoms with Crippen LogP contribution in [0.1, 0.15) is 24.2 Å². The quantitative estimate of drug-likeness (QED) is 0.550. The smallest absolute Gasteiger partial charge is 0.259 e. The molecule has 1 amide bonds. The van der Waals surface area contributed by atoms with Crippen LogP contribution in [0.5, 0.6) is 0 Å². The van der Waals surface area contributed by atoms with E-state index in [9.17, 15) is 13.2 Å². The van der Waals surface area contributed by atoms with Crippen LogP contribution in [0.2, 0.25) is 5.02 Å². The van der Waals surface area contributed by atoms with Gasteiger partial charge in [0.15, 0.2) is 9.84 Å². The number of rotatable bonds is 8. The van der Waals surface area contributed by atoms with Gasteiger partial charge in [-0.05, 0) is 49.5 Å². The molecule has 0 bridgehead atoms. The van der Waals surface area contributed by atoms with Crippen LogP contribution >= 0.6 is 27.5 Å². The summed E-state index contributed by atoms with van der Waals surface area (Å²) in [5.41, 5.74) is 0.886. The summed E-state index contributed by atoms with van der Waals surface area (Å²) >= 11 is 9.70. The van der Waals surface area contributed by atoms with E-state index in [1.165, 1.54) is 18.2 Å². The number of likely N-dealkylation sites (N-methyl/N-ethyl adjacent to an activating group) is 1. The minimum atomic E-state index is -3.45. The van der Waals surface area contributed by atoms with E-state index in [0.29, 0.717) is 18.8 Å². The third-order valence-corrected chi connectivity index (χ3v) is 6.43. The summed E-state index contributed by atoms with van der Waals surface area (Å²) in [5, 5.41) is 0.222. The maximum atomic E-state index is 13.4. The van der Waals surface area contributed by atoms with Crippen molar-refractivity contribution in [2.45, 2.75) is 18.7 Å². The highest BCUT2D eigenvalue weighted by atomic mass is 79.9. The number of nitrogens with zero attached hydrogens (tertiary/aromatic N) is 2. The molecule has 0 aromatic heterocycles. The predicted molar refractivity (Wildman–Crippen MR) is 118 cm³/mol. The van der Waals surface area contributed by atoms with Crippen molar-refractivity contribution in [3.63, 3.8) is 0 Å². The number of carbonyl (C=O) groups excluding carboxylic acids is 1. The van der Waals surface area contributed by atoms with Gasteiger partial charge in [-0.1, -0.05) is 47.4 Å². The number of halogens is 2. The molecule has 0 unspecified atom stereocenters. The van der Waals surface area contributed by atoms with Gasteiger partial charge in [-0.15, -0.1) is 0 Å². The molecule has 0 heterocycles. The number of carbonyl (C=O) groups is 1. The molecule has 0 spiro atoms. The van der Waals surface area contributed by atoms with Crippen molar-refractivity contribution in [2.75, 3.05) is 37.3 Å². The van der Waals surface area contributed by atoms with Crippen molar-refractivity contribution < 1.29 is 13.2 Å². The van der Waals surface area contributed by atoms with E-state index in [2.05, 4.69) is 34.7 Å². The highest BCUT2D eigenvalue weighted by Gasteiger charge is 2.23. The second-order valence-corrected chi connectivity index (χ2v) is 9.72. The Balaban J connectivity index is 2.46. The second kappa shape index (κ2) is 9.87. The van der Waals surface area contributed by atoms with Gasteiger partial charge in [-0.2, -0.15) is 0 Å². The van der Waals surface area contributed by atoms with Gasteiger partial charge in [-0.25, -0.2) is 8.42 Å². The second-order valence-electron chi connectivity index (χ2n) is 6.38. The van der Waals surface area contributed by atoms with Crippen LogP contribution in [0.4, 0.5) is 5.69 Å². The zero-order chi connectivity index (χ0) is 20.9. The van der Waals surface area contributed by atoms with Gasteiger partial charge in [0.25, 0.3) is 5.91 Å². The molecule has 0 saturated heterocycles. The molecule has 5 nitrogen and oxygen atoms in total. The average molecular weight is 488 g/mol. The molecule has 0 N–H and O–H groups in total. The molecule has 0 fully saturated rings. The van der Waals surface area contributed by atoms with Gasteiger partial charge in [-0.3, -0.25) is 4.79 Å². The molecule has 152 valence electrons. The highest BCUT2D eigenvalue weighted by Crippen LogP contribution is 2.26. The molecule has 0 saturated carbocycles. The molecule has 0 aliphatic heterocycles. The van der Waals surface area contributed by atoms with Crippen LogP contribution in [0.3, 0.4) is 0 Å². The number of anilines is 1. The summed E-state index contributed by atoms with van der Waals surface area (Å²) in [6.45, 7) is 7.04. The summed E-state index contributed by atoms with van der Waals surface area (Å²) in [7, 11) is -3.45. The molecule has 2 aromatic carbocycles. The first-order valence-corrected chi connectivity index (χ1v) is 12.0. The summed E-state index contributed by atoms with van der Waals surface area (Å²) in [6.07, 6.45) is 1.11. The van der Waals surface area contributed by atoms with Crippen LogP contribution in [-0.4, -0.2) is 51.7 Å². The van der Waals surface area contributed by atoms with Crippen LogP contribution < -0.4 is 4.90 Å². The van der Waals surface area contributed by atoms with Crippen molar-refractivity contribution in [3.8, 4) is 0 Å². The van der Waals surface area contributed by atoms with E-state index in [0.717, 1.165) is 23.8 Å². The summed E-state index contributed by atoms with van der Waals surface area (Å²) in [5.74, 6) is -0.333. The van der Waals surface area contributed by atoms with Crippen LogP contribution in [0, 0.1) is 0 Å². The Labute approximate surface area is 180 Å². The lowest BCUT2D eigenvalue weighted by molar-refractivity contribution is 0.0983. The van der Waals surface area contributed by atoms with Crippen molar-refractivity contribution in [1.82, 2.24) is 4.90 Å². The molecular formula is C20H24BrClN2O3S. The summed E-state index contributed by atoms with van der Waals surface area (Å²) in [6, 6.07) is 11.7. The van der Waals surface area contributed by atoms with Crippen molar-refractivity contribution in [1.29, 1.82) is 0 Å². The molecule has 0 radical (unpaired) electrons. The van der Waals surface area contributed by atoms with E-state index >= 15 is 0 Å². The van der Waals surface area contributed by atoms with Crippen molar-refractivity contribution >= 4 is 49.0 Å². The Hall–Kier alpha value is -1.41. The number of sulfone groups is 1. The fourth-order valence-electron chi connectivity index (χ4n) is 2.82. The first-order valence-electron chi connectivity index (χ1n) is 8.96. The minimum absolute atomic E-state index is 0.0678. The first kappa shape index (κ1) is 22.9. The fourth-order valence-corrected chi connectivity index (χ4v) is 4.05. The lowest BCUT2D eigenvalue weighted by Gasteiger charge is -2.27. The standard InChI is InChI=1S/C20H24BrClN2O3S/c1-4-23(5-2)11-12-24(16-8-6-7-15(21)13-16)20(25)18-14-17(28(3,26)27)9-10-19(18)22/h6-10,13-14H,4-5,11-12H2,1-3H3. The maximum Gasteiger partial charge on any atom is 0.259 e. The molecule has 0 aliphatic carbocycles. The Kier molecular flexibility index (Phi) is 8.07. The molecule has 2 rings (SSSR count). The highest BCUT2D eigenvalue weighted by molar-refractivity contribution is 9.10. The molecule has 2 aromatic rings. The zero-order valence-electron chi connectivity index (χ0n) is 16.2. The van der Waals surface area contributed by atoms with E-state index < -0.39 is 9.84 Å². The van der Waals surface area contributed by atoms with Gasteiger partial charge in [0.2, 0.25) is 0 Å². The zero-order valence-corrected chi connectivity index (χ0v) is 19.3. The molecular weight excluding hydrogens is 464 g/mol. The third kappa shape index (κ3) is 5.80. The molecule has 0 aliphatic rings.